The van der Waals surface area contributed by atoms with Crippen molar-refractivity contribution in [3.8, 4) is 0 Å². The van der Waals surface area contributed by atoms with E-state index in [-0.39, 0.29) is 9.20 Å². The highest BCUT2D eigenvalue weighted by atomic mass is 35.5. The van der Waals surface area contributed by atoms with Gasteiger partial charge in [-0.25, -0.2) is 8.42 Å². The summed E-state index contributed by atoms with van der Waals surface area (Å²) in [4.78, 5) is 2.32. The summed E-state index contributed by atoms with van der Waals surface area (Å²) in [5.74, 6) is 0. The first-order valence-corrected chi connectivity index (χ1v) is 9.53. The van der Waals surface area contributed by atoms with E-state index in [1.807, 2.05) is 7.05 Å². The van der Waals surface area contributed by atoms with Gasteiger partial charge in [0.2, 0.25) is 0 Å². The van der Waals surface area contributed by atoms with Gasteiger partial charge >= 0.3 is 0 Å². The van der Waals surface area contributed by atoms with E-state index in [4.69, 9.17) is 29.6 Å². The average molecular weight is 368 g/mol. The summed E-state index contributed by atoms with van der Waals surface area (Å²) in [7, 11) is -1.70. The number of hydrogen-bond acceptors (Lipinski definition) is 5. The quantitative estimate of drug-likeness (QED) is 0.793. The molecule has 21 heavy (non-hydrogen) atoms. The summed E-state index contributed by atoms with van der Waals surface area (Å²) >= 11 is 12.1. The molecule has 1 aliphatic rings. The van der Waals surface area contributed by atoms with Crippen LogP contribution in [-0.2, 0) is 10.0 Å². The third kappa shape index (κ3) is 3.57. The maximum absolute atomic E-state index is 12.6. The van der Waals surface area contributed by atoms with E-state index in [1.54, 1.807) is 13.0 Å². The third-order valence-electron chi connectivity index (χ3n) is 3.74. The van der Waals surface area contributed by atoms with Crippen molar-refractivity contribution in [1.29, 1.82) is 0 Å². The molecule has 5 nitrogen and oxygen atoms in total. The summed E-state index contributed by atoms with van der Waals surface area (Å²) < 4.78 is 28.5. The Kier molecular flexibility index (Phi) is 4.97. The molecule has 118 valence electrons. The molecular weight excluding hydrogens is 350 g/mol. The monoisotopic (exact) mass is 367 g/mol. The summed E-state index contributed by atoms with van der Waals surface area (Å²) in [5.41, 5.74) is 5.72. The number of nitrogens with zero attached hydrogens (tertiary/aromatic N) is 1. The van der Waals surface area contributed by atoms with Crippen LogP contribution in [0.2, 0.25) is 4.34 Å². The predicted molar refractivity (Wildman–Crippen MR) is 90.6 cm³/mol. The number of nitrogens with two attached hydrogens (primary N) is 1. The van der Waals surface area contributed by atoms with Crippen LogP contribution in [0.25, 0.3) is 0 Å². The maximum atomic E-state index is 12.6. The number of aryl methyl sites for hydroxylation is 1. The summed E-state index contributed by atoms with van der Waals surface area (Å²) in [5, 5.41) is 0. The summed E-state index contributed by atoms with van der Waals surface area (Å²) in [6.07, 6.45) is 1.13. The van der Waals surface area contributed by atoms with Gasteiger partial charge in [-0.2, -0.15) is 4.72 Å². The molecule has 0 saturated carbocycles. The predicted octanol–water partition coefficient (Wildman–Crippen LogP) is 1.74. The van der Waals surface area contributed by atoms with Crippen molar-refractivity contribution in [3.63, 3.8) is 0 Å². The topological polar surface area (TPSA) is 75.4 Å². The molecule has 9 heteroatoms. The highest BCUT2D eigenvalue weighted by Gasteiger charge is 2.40. The molecule has 0 radical (unpaired) electrons. The molecule has 0 aliphatic carbocycles. The maximum Gasteiger partial charge on any atom is 0.251 e. The van der Waals surface area contributed by atoms with Crippen molar-refractivity contribution in [3.05, 3.63) is 16.0 Å². The minimum Gasteiger partial charge on any atom is -0.392 e. The van der Waals surface area contributed by atoms with Gasteiger partial charge < -0.3 is 10.6 Å². The Bertz CT molecular complexity index is 629. The number of thiophene rings is 1. The van der Waals surface area contributed by atoms with Crippen LogP contribution < -0.4 is 10.5 Å². The number of halogens is 1. The summed E-state index contributed by atoms with van der Waals surface area (Å²) in [6.45, 7) is 3.25. The first kappa shape index (κ1) is 17.1. The minimum absolute atomic E-state index is 0.193. The van der Waals surface area contributed by atoms with Gasteiger partial charge in [-0.1, -0.05) is 23.8 Å². The number of rotatable bonds is 4. The fraction of sp³-hybridized carbons (Fsp3) is 0.583. The van der Waals surface area contributed by atoms with E-state index in [0.29, 0.717) is 17.2 Å². The molecule has 0 spiro atoms. The van der Waals surface area contributed by atoms with E-state index in [1.165, 1.54) is 0 Å². The zero-order valence-electron chi connectivity index (χ0n) is 11.8. The first-order chi connectivity index (χ1) is 9.66. The molecule has 1 saturated heterocycles. The fourth-order valence-corrected chi connectivity index (χ4v) is 5.74. The number of hydrogen-bond donors (Lipinski definition) is 2. The first-order valence-electron chi connectivity index (χ1n) is 6.45. The van der Waals surface area contributed by atoms with Gasteiger partial charge in [0.25, 0.3) is 10.0 Å². The lowest BCUT2D eigenvalue weighted by molar-refractivity contribution is 0.221. The van der Waals surface area contributed by atoms with Gasteiger partial charge in [-0.05, 0) is 38.4 Å². The minimum atomic E-state index is -3.68. The normalized spacial score (nSPS) is 19.6. The number of piperidine rings is 1. The van der Waals surface area contributed by atoms with Crippen molar-refractivity contribution in [2.75, 3.05) is 20.1 Å². The zero-order chi connectivity index (χ0) is 15.8. The van der Waals surface area contributed by atoms with Crippen LogP contribution in [0.4, 0.5) is 0 Å². The highest BCUT2D eigenvalue weighted by Crippen LogP contribution is 2.32. The second-order valence-electron chi connectivity index (χ2n) is 5.38. The fourth-order valence-electron chi connectivity index (χ4n) is 2.27. The van der Waals surface area contributed by atoms with E-state index >= 15 is 0 Å². The van der Waals surface area contributed by atoms with Crippen LogP contribution in [0.1, 0.15) is 18.4 Å². The molecule has 0 unspecified atom stereocenters. The lowest BCUT2D eigenvalue weighted by Crippen LogP contribution is -2.61. The molecule has 3 N–H and O–H groups in total. The number of thiocarbonyl (C=S) groups is 1. The lowest BCUT2D eigenvalue weighted by atomic mass is 9.89. The standard InChI is InChI=1S/C12H18ClN3O2S3/c1-8-7-9(20-10(8)13)21(17,18)15-12(11(14)19)3-5-16(2)6-4-12/h7,15H,3-6H2,1-2H3,(H2,14,19). The van der Waals surface area contributed by atoms with Crippen molar-refractivity contribution < 1.29 is 8.42 Å². The van der Waals surface area contributed by atoms with E-state index in [2.05, 4.69) is 9.62 Å². The molecule has 0 aromatic carbocycles. The largest absolute Gasteiger partial charge is 0.392 e. The van der Waals surface area contributed by atoms with Crippen LogP contribution in [0.5, 0.6) is 0 Å². The Balaban J connectivity index is 2.30. The molecule has 2 heterocycles. The molecule has 0 amide bonds. The number of likely N-dealkylation sites (tertiary alicyclic amines) is 1. The highest BCUT2D eigenvalue weighted by molar-refractivity contribution is 7.91. The van der Waals surface area contributed by atoms with E-state index < -0.39 is 15.6 Å². The van der Waals surface area contributed by atoms with Gasteiger partial charge in [0.05, 0.1) is 14.9 Å². The lowest BCUT2D eigenvalue weighted by Gasteiger charge is -2.39. The van der Waals surface area contributed by atoms with Gasteiger partial charge in [-0.15, -0.1) is 11.3 Å². The van der Waals surface area contributed by atoms with Gasteiger partial charge in [-0.3, -0.25) is 0 Å². The smallest absolute Gasteiger partial charge is 0.251 e. The van der Waals surface area contributed by atoms with Gasteiger partial charge in [0.1, 0.15) is 4.21 Å². The Labute approximate surface area is 139 Å². The molecule has 2 rings (SSSR count). The molecule has 0 bridgehead atoms. The Morgan fingerprint density at radius 2 is 2.10 bits per heavy atom. The van der Waals surface area contributed by atoms with Gasteiger partial charge in [0.15, 0.2) is 0 Å². The zero-order valence-corrected chi connectivity index (χ0v) is 15.1. The number of sulfonamides is 1. The van der Waals surface area contributed by atoms with Crippen molar-refractivity contribution in [1.82, 2.24) is 9.62 Å². The molecule has 1 fully saturated rings. The third-order valence-corrected chi connectivity index (χ3v) is 7.70. The van der Waals surface area contributed by atoms with Crippen molar-refractivity contribution >= 4 is 50.2 Å². The SMILES string of the molecule is Cc1cc(S(=O)(=O)NC2(C(N)=S)CCN(C)CC2)sc1Cl. The Hall–Kier alpha value is -0.250. The second kappa shape index (κ2) is 6.10. The Morgan fingerprint density at radius 3 is 2.52 bits per heavy atom. The Morgan fingerprint density at radius 1 is 1.52 bits per heavy atom. The van der Waals surface area contributed by atoms with Crippen LogP contribution in [0.3, 0.4) is 0 Å². The molecule has 1 aliphatic heterocycles. The molecule has 1 aromatic rings. The molecule has 1 aromatic heterocycles. The van der Waals surface area contributed by atoms with Crippen LogP contribution in [0, 0.1) is 6.92 Å². The summed E-state index contributed by atoms with van der Waals surface area (Å²) in [6, 6.07) is 1.57. The van der Waals surface area contributed by atoms with E-state index in [0.717, 1.165) is 30.0 Å². The molecule has 0 atom stereocenters. The average Bonchev–Trinajstić information content (AvgIpc) is 2.73. The van der Waals surface area contributed by atoms with Gasteiger partial charge in [0, 0.05) is 13.1 Å². The van der Waals surface area contributed by atoms with Crippen LogP contribution in [0.15, 0.2) is 10.3 Å². The van der Waals surface area contributed by atoms with Crippen LogP contribution >= 0.6 is 35.2 Å². The van der Waals surface area contributed by atoms with Crippen molar-refractivity contribution in [2.24, 2.45) is 5.73 Å². The van der Waals surface area contributed by atoms with Crippen LogP contribution in [-0.4, -0.2) is 44.0 Å². The van der Waals surface area contributed by atoms with E-state index in [9.17, 15) is 8.42 Å². The second-order valence-corrected chi connectivity index (χ2v) is 9.38. The molecular formula is C12H18ClN3O2S3. The van der Waals surface area contributed by atoms with Crippen molar-refractivity contribution in [2.45, 2.75) is 29.5 Å². The number of nitrogens with one attached hydrogen (secondary N) is 1.